The highest BCUT2D eigenvalue weighted by molar-refractivity contribution is 5.97. The van der Waals surface area contributed by atoms with Gasteiger partial charge in [0.2, 0.25) is 5.91 Å². The molecule has 0 spiro atoms. The first-order valence-corrected chi connectivity index (χ1v) is 9.82. The minimum Gasteiger partial charge on any atom is -0.381 e. The van der Waals surface area contributed by atoms with Gasteiger partial charge in [-0.1, -0.05) is 6.07 Å². The van der Waals surface area contributed by atoms with Crippen LogP contribution in [0.5, 0.6) is 0 Å². The second-order valence-electron chi connectivity index (χ2n) is 7.55. The second-order valence-corrected chi connectivity index (χ2v) is 7.55. The van der Waals surface area contributed by atoms with Crippen molar-refractivity contribution in [3.63, 3.8) is 0 Å². The third-order valence-electron chi connectivity index (χ3n) is 5.38. The van der Waals surface area contributed by atoms with Crippen molar-refractivity contribution in [3.05, 3.63) is 65.0 Å². The number of carbonyl (C=O) groups excluding carboxylic acids is 2. The van der Waals surface area contributed by atoms with Crippen LogP contribution < -0.4 is 5.32 Å². The molecule has 0 bridgehead atoms. The van der Waals surface area contributed by atoms with Gasteiger partial charge in [-0.3, -0.25) is 9.59 Å². The number of Topliss-reactive ketones (excluding diaryl/α,β-unsaturated/α-hetero) is 1. The fraction of sp³-hybridized carbons (Fsp3) is 0.391. The number of nitrogens with one attached hydrogen (secondary N) is 1. The molecule has 5 heteroatoms. The van der Waals surface area contributed by atoms with E-state index in [2.05, 4.69) is 37.4 Å². The van der Waals surface area contributed by atoms with E-state index in [1.54, 1.807) is 0 Å². The summed E-state index contributed by atoms with van der Waals surface area (Å²) in [4.78, 5) is 26.6. The largest absolute Gasteiger partial charge is 0.381 e. The van der Waals surface area contributed by atoms with Gasteiger partial charge in [-0.15, -0.1) is 0 Å². The zero-order valence-corrected chi connectivity index (χ0v) is 16.5. The Morgan fingerprint density at radius 1 is 1.07 bits per heavy atom. The number of halogens is 1. The Hall–Kier alpha value is -2.69. The fourth-order valence-electron chi connectivity index (χ4n) is 3.55. The maximum Gasteiger partial charge on any atom is 0.223 e. The van der Waals surface area contributed by atoms with E-state index in [1.165, 1.54) is 35.4 Å². The summed E-state index contributed by atoms with van der Waals surface area (Å²) in [6.45, 7) is 5.56. The molecular formula is C23H27FN2O2. The lowest BCUT2D eigenvalue weighted by Crippen LogP contribution is -2.45. The number of benzene rings is 2. The molecule has 3 rings (SSSR count). The summed E-state index contributed by atoms with van der Waals surface area (Å²) in [5, 5.41) is 3.53. The summed E-state index contributed by atoms with van der Waals surface area (Å²) >= 11 is 0. The van der Waals surface area contributed by atoms with Crippen LogP contribution in [0.15, 0.2) is 42.5 Å². The van der Waals surface area contributed by atoms with Crippen molar-refractivity contribution in [2.45, 2.75) is 45.6 Å². The first kappa shape index (κ1) is 20.1. The molecule has 0 aliphatic carbocycles. The number of nitrogens with zero attached hydrogens (tertiary/aromatic N) is 1. The minimum absolute atomic E-state index is 0.00190. The lowest BCUT2D eigenvalue weighted by molar-refractivity contribution is -0.132. The van der Waals surface area contributed by atoms with Crippen molar-refractivity contribution < 1.29 is 14.0 Å². The van der Waals surface area contributed by atoms with Crippen molar-refractivity contribution in [2.75, 3.05) is 18.4 Å². The number of anilines is 1. The summed E-state index contributed by atoms with van der Waals surface area (Å²) in [7, 11) is 0. The van der Waals surface area contributed by atoms with Gasteiger partial charge in [0.15, 0.2) is 5.78 Å². The van der Waals surface area contributed by atoms with Gasteiger partial charge in [-0.05, 0) is 74.2 Å². The zero-order valence-electron chi connectivity index (χ0n) is 16.5. The summed E-state index contributed by atoms with van der Waals surface area (Å²) in [6, 6.07) is 12.0. The third-order valence-corrected chi connectivity index (χ3v) is 5.38. The van der Waals surface area contributed by atoms with E-state index in [0.717, 1.165) is 25.1 Å². The summed E-state index contributed by atoms with van der Waals surface area (Å²) in [5.41, 5.74) is 4.03. The Kier molecular flexibility index (Phi) is 6.45. The highest BCUT2D eigenvalue weighted by Gasteiger charge is 2.24. The Labute approximate surface area is 165 Å². The summed E-state index contributed by atoms with van der Waals surface area (Å²) in [5.74, 6) is -0.500. The molecule has 0 radical (unpaired) electrons. The van der Waals surface area contributed by atoms with Crippen LogP contribution in [0.25, 0.3) is 0 Å². The van der Waals surface area contributed by atoms with E-state index in [9.17, 15) is 14.0 Å². The van der Waals surface area contributed by atoms with Gasteiger partial charge in [0.1, 0.15) is 5.82 Å². The average Bonchev–Trinajstić information content (AvgIpc) is 2.69. The van der Waals surface area contributed by atoms with E-state index in [-0.39, 0.29) is 36.4 Å². The van der Waals surface area contributed by atoms with Crippen LogP contribution in [0.4, 0.5) is 10.1 Å². The van der Waals surface area contributed by atoms with Gasteiger partial charge in [0.05, 0.1) is 0 Å². The molecule has 0 aromatic heterocycles. The molecule has 1 atom stereocenters. The molecule has 148 valence electrons. The van der Waals surface area contributed by atoms with Crippen molar-refractivity contribution in [1.82, 2.24) is 4.90 Å². The Balaban J connectivity index is 1.51. The molecule has 4 nitrogen and oxygen atoms in total. The third kappa shape index (κ3) is 5.18. The molecule has 1 heterocycles. The van der Waals surface area contributed by atoms with Gasteiger partial charge in [0, 0.05) is 43.2 Å². The number of carbonyl (C=O) groups is 2. The van der Waals surface area contributed by atoms with Gasteiger partial charge >= 0.3 is 0 Å². The maximum atomic E-state index is 13.0. The molecule has 0 unspecified atom stereocenters. The van der Waals surface area contributed by atoms with Gasteiger partial charge in [-0.25, -0.2) is 4.39 Å². The molecule has 1 aliphatic rings. The summed E-state index contributed by atoms with van der Waals surface area (Å²) in [6.07, 6.45) is 2.30. The van der Waals surface area contributed by atoms with Gasteiger partial charge < -0.3 is 10.2 Å². The quantitative estimate of drug-likeness (QED) is 0.748. The van der Waals surface area contributed by atoms with Crippen LogP contribution in [0.3, 0.4) is 0 Å². The molecule has 2 aromatic rings. The lowest BCUT2D eigenvalue weighted by atomic mass is 10.0. The molecule has 1 N–H and O–H groups in total. The van der Waals surface area contributed by atoms with Crippen molar-refractivity contribution >= 4 is 17.4 Å². The molecular weight excluding hydrogens is 355 g/mol. The van der Waals surface area contributed by atoms with E-state index in [1.807, 2.05) is 4.90 Å². The zero-order chi connectivity index (χ0) is 20.1. The minimum atomic E-state index is -0.372. The molecule has 0 saturated carbocycles. The molecule has 28 heavy (non-hydrogen) atoms. The fourth-order valence-corrected chi connectivity index (χ4v) is 3.55. The number of ketones is 1. The SMILES string of the molecule is Cc1ccc(N[C@H]2CCCN(C(=O)CCC(=O)c3ccc(F)cc3)C2)cc1C. The van der Waals surface area contributed by atoms with Crippen LogP contribution in [-0.2, 0) is 4.79 Å². The predicted octanol–water partition coefficient (Wildman–Crippen LogP) is 4.51. The van der Waals surface area contributed by atoms with E-state index in [0.29, 0.717) is 12.1 Å². The Morgan fingerprint density at radius 3 is 2.54 bits per heavy atom. The summed E-state index contributed by atoms with van der Waals surface area (Å²) < 4.78 is 13.0. The topological polar surface area (TPSA) is 49.4 Å². The first-order valence-electron chi connectivity index (χ1n) is 9.82. The van der Waals surface area contributed by atoms with Crippen molar-refractivity contribution in [2.24, 2.45) is 0 Å². The van der Waals surface area contributed by atoms with Crippen LogP contribution >= 0.6 is 0 Å². The highest BCUT2D eigenvalue weighted by atomic mass is 19.1. The molecule has 1 amide bonds. The number of rotatable bonds is 6. The molecule has 1 aliphatic heterocycles. The standard InChI is InChI=1S/C23H27FN2O2/c1-16-5-10-20(14-17(16)2)25-21-4-3-13-26(15-21)23(28)12-11-22(27)18-6-8-19(24)9-7-18/h5-10,14,21,25H,3-4,11-13,15H2,1-2H3/t21-/m0/s1. The normalized spacial score (nSPS) is 16.7. The highest BCUT2D eigenvalue weighted by Crippen LogP contribution is 2.20. The molecule has 1 saturated heterocycles. The van der Waals surface area contributed by atoms with Crippen molar-refractivity contribution in [1.29, 1.82) is 0 Å². The molecule has 1 fully saturated rings. The number of hydrogen-bond acceptors (Lipinski definition) is 3. The van der Waals surface area contributed by atoms with Crippen LogP contribution in [0.1, 0.15) is 47.2 Å². The van der Waals surface area contributed by atoms with Crippen LogP contribution in [0, 0.1) is 19.7 Å². The van der Waals surface area contributed by atoms with E-state index in [4.69, 9.17) is 0 Å². The average molecular weight is 382 g/mol. The van der Waals surface area contributed by atoms with E-state index >= 15 is 0 Å². The van der Waals surface area contributed by atoms with Gasteiger partial charge in [0.25, 0.3) is 0 Å². The second kappa shape index (κ2) is 9.00. The molecule has 2 aromatic carbocycles. The van der Waals surface area contributed by atoms with Crippen molar-refractivity contribution in [3.8, 4) is 0 Å². The number of amides is 1. The monoisotopic (exact) mass is 382 g/mol. The number of hydrogen-bond donors (Lipinski definition) is 1. The van der Waals surface area contributed by atoms with Gasteiger partial charge in [-0.2, -0.15) is 0 Å². The predicted molar refractivity (Wildman–Crippen MR) is 109 cm³/mol. The van der Waals surface area contributed by atoms with E-state index < -0.39 is 0 Å². The van der Waals surface area contributed by atoms with Crippen LogP contribution in [-0.4, -0.2) is 35.7 Å². The number of likely N-dealkylation sites (tertiary alicyclic amines) is 1. The smallest absolute Gasteiger partial charge is 0.223 e. The Bertz CT molecular complexity index is 848. The number of piperidine rings is 1. The lowest BCUT2D eigenvalue weighted by Gasteiger charge is -2.34. The Morgan fingerprint density at radius 2 is 1.82 bits per heavy atom. The number of aryl methyl sites for hydroxylation is 2. The maximum absolute atomic E-state index is 13.0. The first-order chi connectivity index (χ1) is 13.4. The van der Waals surface area contributed by atoms with Crippen LogP contribution in [0.2, 0.25) is 0 Å².